The van der Waals surface area contributed by atoms with Gasteiger partial charge in [-0.25, -0.2) is 9.37 Å². The van der Waals surface area contributed by atoms with Gasteiger partial charge < -0.3 is 14.6 Å². The number of amides is 1. The number of nitrogens with zero attached hydrogens (tertiary/aromatic N) is 4. The Balaban J connectivity index is 1.62. The van der Waals surface area contributed by atoms with Crippen LogP contribution in [-0.4, -0.2) is 33.1 Å². The fraction of sp³-hybridized carbons (Fsp3) is 0.250. The molecule has 3 aromatic rings. The number of nitrogens with one attached hydrogen (secondary N) is 1. The largest absolute Gasteiger partial charge is 0.493 e. The highest BCUT2D eigenvalue weighted by Gasteiger charge is 2.52. The molecule has 1 aliphatic rings. The SMILES string of the molecule is CC1(C)C(=O)N(c2ccc(C#N)c(C(F)(F)F)c2F)C(=S)N1c1ccc(OCCc2ncc[nH]2)cc1. The van der Waals surface area contributed by atoms with Crippen molar-refractivity contribution < 1.29 is 27.1 Å². The van der Waals surface area contributed by atoms with E-state index in [1.54, 1.807) is 36.7 Å². The van der Waals surface area contributed by atoms with Crippen molar-refractivity contribution in [2.75, 3.05) is 16.4 Å². The Hall–Kier alpha value is -3.98. The van der Waals surface area contributed by atoms with Crippen molar-refractivity contribution in [1.29, 1.82) is 5.26 Å². The van der Waals surface area contributed by atoms with Crippen molar-refractivity contribution in [2.24, 2.45) is 0 Å². The van der Waals surface area contributed by atoms with Crippen LogP contribution in [0.5, 0.6) is 5.75 Å². The minimum Gasteiger partial charge on any atom is -0.493 e. The van der Waals surface area contributed by atoms with E-state index >= 15 is 4.39 Å². The van der Waals surface area contributed by atoms with Gasteiger partial charge in [-0.05, 0) is 62.5 Å². The van der Waals surface area contributed by atoms with Gasteiger partial charge in [0.05, 0.1) is 23.9 Å². The number of benzene rings is 2. The number of nitriles is 1. The third-order valence-electron chi connectivity index (χ3n) is 5.69. The maximum atomic E-state index is 15.1. The summed E-state index contributed by atoms with van der Waals surface area (Å²) in [6, 6.07) is 9.71. The number of carbonyl (C=O) groups is 1. The lowest BCUT2D eigenvalue weighted by Gasteiger charge is -2.29. The minimum absolute atomic E-state index is 0.201. The van der Waals surface area contributed by atoms with Gasteiger partial charge >= 0.3 is 6.18 Å². The number of aromatic nitrogens is 2. The van der Waals surface area contributed by atoms with E-state index in [4.69, 9.17) is 22.2 Å². The molecule has 0 radical (unpaired) electrons. The van der Waals surface area contributed by atoms with Gasteiger partial charge in [0.2, 0.25) is 0 Å². The van der Waals surface area contributed by atoms with Crippen LogP contribution in [0.3, 0.4) is 0 Å². The molecule has 0 saturated carbocycles. The molecule has 1 saturated heterocycles. The highest BCUT2D eigenvalue weighted by atomic mass is 32.1. The molecule has 36 heavy (non-hydrogen) atoms. The average molecular weight is 518 g/mol. The zero-order valence-electron chi connectivity index (χ0n) is 19.1. The molecule has 1 amide bonds. The summed E-state index contributed by atoms with van der Waals surface area (Å²) in [5, 5.41) is 8.82. The third kappa shape index (κ3) is 4.37. The van der Waals surface area contributed by atoms with Gasteiger partial charge in [0.25, 0.3) is 5.91 Å². The molecule has 0 aliphatic carbocycles. The minimum atomic E-state index is -5.14. The predicted molar refractivity (Wildman–Crippen MR) is 127 cm³/mol. The first-order chi connectivity index (χ1) is 17.0. The lowest BCUT2D eigenvalue weighted by Crippen LogP contribution is -2.44. The monoisotopic (exact) mass is 517 g/mol. The molecule has 12 heteroatoms. The molecular weight excluding hydrogens is 498 g/mol. The molecule has 0 atom stereocenters. The van der Waals surface area contributed by atoms with Gasteiger partial charge in [-0.1, -0.05) is 0 Å². The summed E-state index contributed by atoms with van der Waals surface area (Å²) >= 11 is 5.43. The Morgan fingerprint density at radius 2 is 1.89 bits per heavy atom. The van der Waals surface area contributed by atoms with Crippen LogP contribution in [0.2, 0.25) is 0 Å². The fourth-order valence-electron chi connectivity index (χ4n) is 3.94. The van der Waals surface area contributed by atoms with Crippen LogP contribution < -0.4 is 14.5 Å². The first-order valence-corrected chi connectivity index (χ1v) is 11.1. The number of carbonyl (C=O) groups excluding carboxylic acids is 1. The number of alkyl halides is 3. The second kappa shape index (κ2) is 9.23. The second-order valence-electron chi connectivity index (χ2n) is 8.38. The van der Waals surface area contributed by atoms with E-state index < -0.39 is 40.3 Å². The Labute approximate surface area is 208 Å². The highest BCUT2D eigenvalue weighted by Crippen LogP contribution is 2.42. The van der Waals surface area contributed by atoms with Crippen LogP contribution in [0.25, 0.3) is 0 Å². The summed E-state index contributed by atoms with van der Waals surface area (Å²) in [6.07, 6.45) is -1.22. The van der Waals surface area contributed by atoms with E-state index in [2.05, 4.69) is 9.97 Å². The van der Waals surface area contributed by atoms with Crippen molar-refractivity contribution in [2.45, 2.75) is 32.0 Å². The first-order valence-electron chi connectivity index (χ1n) is 10.7. The van der Waals surface area contributed by atoms with E-state index in [1.807, 2.05) is 0 Å². The Kier molecular flexibility index (Phi) is 6.44. The molecule has 0 unspecified atom stereocenters. The summed E-state index contributed by atoms with van der Waals surface area (Å²) in [5.41, 5.74) is -4.18. The van der Waals surface area contributed by atoms with Gasteiger partial charge in [0, 0.05) is 24.5 Å². The average Bonchev–Trinajstić information content (AvgIpc) is 3.39. The van der Waals surface area contributed by atoms with Gasteiger partial charge in [0.1, 0.15) is 22.7 Å². The van der Waals surface area contributed by atoms with Crippen LogP contribution in [0.1, 0.15) is 30.8 Å². The number of ether oxygens (including phenoxy) is 1. The summed E-state index contributed by atoms with van der Waals surface area (Å²) in [6.45, 7) is 3.43. The molecule has 2 aromatic carbocycles. The number of imidazole rings is 1. The van der Waals surface area contributed by atoms with Gasteiger partial charge in [-0.2, -0.15) is 18.4 Å². The predicted octanol–water partition coefficient (Wildman–Crippen LogP) is 4.98. The van der Waals surface area contributed by atoms with Crippen molar-refractivity contribution in [3.8, 4) is 11.8 Å². The normalized spacial score (nSPS) is 15.4. The van der Waals surface area contributed by atoms with Gasteiger partial charge in [0.15, 0.2) is 10.9 Å². The van der Waals surface area contributed by atoms with Crippen LogP contribution in [0.15, 0.2) is 48.8 Å². The molecule has 1 fully saturated rings. The fourth-order valence-corrected chi connectivity index (χ4v) is 4.46. The van der Waals surface area contributed by atoms with Crippen molar-refractivity contribution in [3.63, 3.8) is 0 Å². The van der Waals surface area contributed by atoms with Gasteiger partial charge in [-0.15, -0.1) is 0 Å². The molecule has 1 aliphatic heterocycles. The van der Waals surface area contributed by atoms with Crippen LogP contribution in [0.4, 0.5) is 28.9 Å². The highest BCUT2D eigenvalue weighted by molar-refractivity contribution is 7.81. The number of hydrogen-bond acceptors (Lipinski definition) is 5. The maximum Gasteiger partial charge on any atom is 0.420 e. The van der Waals surface area contributed by atoms with E-state index in [-0.39, 0.29) is 5.11 Å². The first kappa shape index (κ1) is 25.1. The molecule has 0 spiro atoms. The molecule has 0 bridgehead atoms. The lowest BCUT2D eigenvalue weighted by molar-refractivity contribution is -0.140. The van der Waals surface area contributed by atoms with Crippen molar-refractivity contribution in [3.05, 3.63) is 71.6 Å². The number of anilines is 2. The Morgan fingerprint density at radius 1 is 1.19 bits per heavy atom. The zero-order valence-corrected chi connectivity index (χ0v) is 19.9. The Morgan fingerprint density at radius 3 is 2.47 bits per heavy atom. The number of thiocarbonyl (C=S) groups is 1. The third-order valence-corrected chi connectivity index (χ3v) is 6.06. The van der Waals surface area contributed by atoms with Crippen molar-refractivity contribution in [1.82, 2.24) is 9.97 Å². The standard InChI is InChI=1S/C24H19F4N5O2S/c1-23(2)21(34)32(17-8-3-14(13-29)19(20(17)25)24(26,27)28)22(36)33(23)15-4-6-16(7-5-15)35-12-9-18-30-10-11-31-18/h3-8,10-11H,9,12H2,1-2H3,(H,30,31). The number of H-pyrrole nitrogens is 1. The Bertz CT molecular complexity index is 1350. The lowest BCUT2D eigenvalue weighted by atomic mass is 10.0. The summed E-state index contributed by atoms with van der Waals surface area (Å²) in [5.74, 6) is -1.14. The number of aromatic amines is 1. The van der Waals surface area contributed by atoms with E-state index in [0.29, 0.717) is 24.5 Å². The molecule has 4 rings (SSSR count). The van der Waals surface area contributed by atoms with Crippen LogP contribution in [0, 0.1) is 17.1 Å². The van der Waals surface area contributed by atoms with Crippen LogP contribution >= 0.6 is 12.2 Å². The zero-order chi connectivity index (χ0) is 26.3. The van der Waals surface area contributed by atoms with E-state index in [1.165, 1.54) is 24.8 Å². The van der Waals surface area contributed by atoms with Crippen LogP contribution in [-0.2, 0) is 17.4 Å². The van der Waals surface area contributed by atoms with E-state index in [9.17, 15) is 18.0 Å². The maximum absolute atomic E-state index is 15.1. The summed E-state index contributed by atoms with van der Waals surface area (Å²) in [4.78, 5) is 22.5. The van der Waals surface area contributed by atoms with E-state index in [0.717, 1.165) is 22.9 Å². The summed E-state index contributed by atoms with van der Waals surface area (Å²) < 4.78 is 61.3. The number of hydrogen-bond donors (Lipinski definition) is 1. The quantitative estimate of drug-likeness (QED) is 0.367. The molecule has 186 valence electrons. The smallest absolute Gasteiger partial charge is 0.420 e. The molecule has 2 heterocycles. The number of halogens is 4. The molecule has 7 nitrogen and oxygen atoms in total. The number of rotatable bonds is 6. The van der Waals surface area contributed by atoms with Gasteiger partial charge in [-0.3, -0.25) is 9.69 Å². The summed E-state index contributed by atoms with van der Waals surface area (Å²) in [7, 11) is 0. The molecule has 1 N–H and O–H groups in total. The second-order valence-corrected chi connectivity index (χ2v) is 8.74. The van der Waals surface area contributed by atoms with Crippen molar-refractivity contribution >= 4 is 34.6 Å². The topological polar surface area (TPSA) is 85.2 Å². The molecule has 1 aromatic heterocycles. The molecular formula is C24H19F4N5O2S.